The van der Waals surface area contributed by atoms with E-state index in [1.807, 2.05) is 0 Å². The Morgan fingerprint density at radius 1 is 0.741 bits per heavy atom. The SMILES string of the molecule is [O-][n+]1nc(NCCNc2n[n+]([O-])c3ccccc3[n+]2[O-])nc2ccccc21. The number of hydrogen-bond acceptors (Lipinski definition) is 8. The van der Waals surface area contributed by atoms with Crippen molar-refractivity contribution in [3.05, 3.63) is 64.2 Å². The van der Waals surface area contributed by atoms with E-state index >= 15 is 0 Å². The van der Waals surface area contributed by atoms with Gasteiger partial charge in [-0.15, -0.1) is 0 Å². The number of aromatic nitrogens is 6. The number of nitrogens with zero attached hydrogens (tertiary/aromatic N) is 6. The Hall–Kier alpha value is -4.02. The zero-order valence-electron chi connectivity index (χ0n) is 13.9. The fourth-order valence-corrected chi connectivity index (χ4v) is 2.62. The molecule has 4 aromatic rings. The third-order valence-electron chi connectivity index (χ3n) is 3.88. The predicted molar refractivity (Wildman–Crippen MR) is 95.1 cm³/mol. The van der Waals surface area contributed by atoms with Gasteiger partial charge in [0.05, 0.1) is 11.6 Å². The fraction of sp³-hybridized carbons (Fsp3) is 0.125. The van der Waals surface area contributed by atoms with Crippen LogP contribution >= 0.6 is 0 Å². The lowest BCUT2D eigenvalue weighted by atomic mass is 10.3. The summed E-state index contributed by atoms with van der Waals surface area (Å²) < 4.78 is 0.557. The number of fused-ring (bicyclic) bond motifs is 2. The maximum Gasteiger partial charge on any atom is 0.461 e. The normalized spacial score (nSPS) is 11.0. The highest BCUT2D eigenvalue weighted by Gasteiger charge is 2.19. The molecule has 11 nitrogen and oxygen atoms in total. The van der Waals surface area contributed by atoms with Crippen molar-refractivity contribution in [1.82, 2.24) is 15.2 Å². The summed E-state index contributed by atoms with van der Waals surface area (Å²) in [5.74, 6) is 0.0367. The van der Waals surface area contributed by atoms with Crippen molar-refractivity contribution in [2.75, 3.05) is 23.7 Å². The summed E-state index contributed by atoms with van der Waals surface area (Å²) in [6, 6.07) is 13.2. The maximum absolute atomic E-state index is 12.3. The average molecular weight is 366 g/mol. The molecule has 0 aliphatic heterocycles. The first-order chi connectivity index (χ1) is 13.1. The van der Waals surface area contributed by atoms with Crippen molar-refractivity contribution >= 4 is 34.0 Å². The van der Waals surface area contributed by atoms with Crippen LogP contribution in [-0.4, -0.2) is 28.3 Å². The van der Waals surface area contributed by atoms with Crippen LogP contribution in [0.25, 0.3) is 22.1 Å². The minimum absolute atomic E-state index is 0.121. The molecule has 0 atom stereocenters. The Bertz CT molecular complexity index is 1140. The summed E-state index contributed by atoms with van der Waals surface area (Å²) in [7, 11) is 0. The highest BCUT2D eigenvalue weighted by Crippen LogP contribution is 2.08. The molecule has 2 N–H and O–H groups in total. The van der Waals surface area contributed by atoms with Crippen molar-refractivity contribution in [3.8, 4) is 0 Å². The highest BCUT2D eigenvalue weighted by molar-refractivity contribution is 5.71. The number of hydrogen-bond donors (Lipinski definition) is 2. The Labute approximate surface area is 152 Å². The molecule has 2 aromatic heterocycles. The Morgan fingerprint density at radius 3 is 2.19 bits per heavy atom. The number of anilines is 2. The van der Waals surface area contributed by atoms with E-state index in [-0.39, 0.29) is 29.5 Å². The first-order valence-corrected chi connectivity index (χ1v) is 8.10. The largest absolute Gasteiger partial charge is 0.739 e. The van der Waals surface area contributed by atoms with Gasteiger partial charge in [0.1, 0.15) is 5.52 Å². The molecule has 27 heavy (non-hydrogen) atoms. The van der Waals surface area contributed by atoms with Gasteiger partial charge in [0.2, 0.25) is 5.10 Å². The Morgan fingerprint density at radius 2 is 1.37 bits per heavy atom. The Balaban J connectivity index is 1.45. The summed E-state index contributed by atoms with van der Waals surface area (Å²) in [5.41, 5.74) is 1.27. The molecule has 0 aliphatic rings. The van der Waals surface area contributed by atoms with E-state index in [0.717, 1.165) is 0 Å². The van der Waals surface area contributed by atoms with Gasteiger partial charge in [0.15, 0.2) is 5.52 Å². The van der Waals surface area contributed by atoms with Crippen LogP contribution in [-0.2, 0) is 0 Å². The van der Waals surface area contributed by atoms with E-state index < -0.39 is 0 Å². The summed E-state index contributed by atoms with van der Waals surface area (Å²) in [6.07, 6.45) is 0. The molecular formula is C16H14N8O3. The predicted octanol–water partition coefficient (Wildman–Crippen LogP) is -0.398. The van der Waals surface area contributed by atoms with Gasteiger partial charge in [0.25, 0.3) is 17.0 Å². The molecule has 2 aromatic carbocycles. The van der Waals surface area contributed by atoms with Crippen LogP contribution in [0.2, 0.25) is 0 Å². The summed E-state index contributed by atoms with van der Waals surface area (Å²) in [4.78, 5) is 5.14. The monoisotopic (exact) mass is 366 g/mol. The summed E-state index contributed by atoms with van der Waals surface area (Å²) in [5, 5.41) is 49.2. The topological polar surface area (TPSA) is 144 Å². The molecule has 0 saturated carbocycles. The van der Waals surface area contributed by atoms with Crippen LogP contribution in [0.3, 0.4) is 0 Å². The molecule has 0 fully saturated rings. The van der Waals surface area contributed by atoms with Crippen LogP contribution in [0.15, 0.2) is 48.5 Å². The molecule has 0 aliphatic carbocycles. The average Bonchev–Trinajstić information content (AvgIpc) is 2.69. The van der Waals surface area contributed by atoms with E-state index in [2.05, 4.69) is 25.8 Å². The van der Waals surface area contributed by atoms with Crippen molar-refractivity contribution in [2.24, 2.45) is 0 Å². The molecule has 0 saturated heterocycles. The lowest BCUT2D eigenvalue weighted by Gasteiger charge is -2.10. The van der Waals surface area contributed by atoms with Gasteiger partial charge in [-0.2, -0.15) is 0 Å². The standard InChI is InChI=1S/C16H14N8O3/c25-22-13-7-3-4-8-14(13)24(27)21-16(22)18-10-9-17-15-19-11-5-1-2-6-12(11)23(26)20-15/h1-8H,9-10H2,(H,18,21)(H,17,19,20). The first-order valence-electron chi connectivity index (χ1n) is 8.10. The lowest BCUT2D eigenvalue weighted by molar-refractivity contribution is -0.672. The third-order valence-corrected chi connectivity index (χ3v) is 3.88. The van der Waals surface area contributed by atoms with E-state index in [1.54, 1.807) is 36.4 Å². The van der Waals surface area contributed by atoms with Crippen LogP contribution in [0, 0.1) is 15.6 Å². The van der Waals surface area contributed by atoms with Gasteiger partial charge >= 0.3 is 5.95 Å². The highest BCUT2D eigenvalue weighted by atomic mass is 16.5. The molecule has 2 heterocycles. The van der Waals surface area contributed by atoms with Crippen molar-refractivity contribution in [3.63, 3.8) is 0 Å². The van der Waals surface area contributed by atoms with Crippen molar-refractivity contribution < 1.29 is 14.4 Å². The second-order valence-corrected chi connectivity index (χ2v) is 5.63. The van der Waals surface area contributed by atoms with Crippen LogP contribution in [0.4, 0.5) is 11.9 Å². The van der Waals surface area contributed by atoms with Crippen LogP contribution in [0.1, 0.15) is 0 Å². The summed E-state index contributed by atoms with van der Waals surface area (Å²) >= 11 is 0. The molecule has 0 radical (unpaired) electrons. The summed E-state index contributed by atoms with van der Waals surface area (Å²) in [6.45, 7) is 0.550. The van der Waals surface area contributed by atoms with Crippen molar-refractivity contribution in [2.45, 2.75) is 0 Å². The number of benzene rings is 2. The van der Waals surface area contributed by atoms with Crippen LogP contribution in [0.5, 0.6) is 0 Å². The smallest absolute Gasteiger partial charge is 0.461 e. The minimum atomic E-state index is -0.121. The lowest BCUT2D eigenvalue weighted by Crippen LogP contribution is -2.44. The molecule has 4 rings (SSSR count). The van der Waals surface area contributed by atoms with Gasteiger partial charge < -0.3 is 20.9 Å². The van der Waals surface area contributed by atoms with E-state index in [9.17, 15) is 15.6 Å². The second-order valence-electron chi connectivity index (χ2n) is 5.63. The zero-order chi connectivity index (χ0) is 18.8. The van der Waals surface area contributed by atoms with E-state index in [4.69, 9.17) is 0 Å². The molecular weight excluding hydrogens is 352 g/mol. The number of nitrogens with one attached hydrogen (secondary N) is 2. The number of para-hydroxylation sites is 4. The fourth-order valence-electron chi connectivity index (χ4n) is 2.62. The Kier molecular flexibility index (Phi) is 4.09. The first kappa shape index (κ1) is 16.4. The molecule has 0 amide bonds. The van der Waals surface area contributed by atoms with Gasteiger partial charge in [-0.1, -0.05) is 24.3 Å². The zero-order valence-corrected chi connectivity index (χ0v) is 13.9. The van der Waals surface area contributed by atoms with Gasteiger partial charge in [-0.25, -0.2) is 9.71 Å². The van der Waals surface area contributed by atoms with Gasteiger partial charge in [-0.3, -0.25) is 5.32 Å². The van der Waals surface area contributed by atoms with E-state index in [0.29, 0.717) is 32.0 Å². The molecule has 11 heteroatoms. The molecule has 136 valence electrons. The second kappa shape index (κ2) is 6.71. The third kappa shape index (κ3) is 3.13. The minimum Gasteiger partial charge on any atom is -0.739 e. The molecule has 0 unspecified atom stereocenters. The quantitative estimate of drug-likeness (QED) is 0.276. The van der Waals surface area contributed by atoms with Gasteiger partial charge in [-0.05, 0) is 17.0 Å². The molecule has 0 spiro atoms. The van der Waals surface area contributed by atoms with Crippen LogP contribution < -0.4 is 25.1 Å². The molecule has 0 bridgehead atoms. The maximum atomic E-state index is 12.3. The van der Waals surface area contributed by atoms with E-state index in [1.165, 1.54) is 12.1 Å². The van der Waals surface area contributed by atoms with Crippen molar-refractivity contribution in [1.29, 1.82) is 0 Å². The number of rotatable bonds is 5. The van der Waals surface area contributed by atoms with Gasteiger partial charge in [0, 0.05) is 23.5 Å².